The lowest BCUT2D eigenvalue weighted by molar-refractivity contribution is 0.660. The van der Waals surface area contributed by atoms with E-state index in [0.29, 0.717) is 5.92 Å². The molecule has 0 aliphatic heterocycles. The summed E-state index contributed by atoms with van der Waals surface area (Å²) in [5.41, 5.74) is 15.2. The molecule has 0 N–H and O–H groups in total. The molecule has 7 aromatic rings. The molecule has 1 unspecified atom stereocenters. The third kappa shape index (κ3) is 5.32. The molecule has 1 heterocycles. The van der Waals surface area contributed by atoms with Crippen molar-refractivity contribution in [3.05, 3.63) is 199 Å². The maximum Gasteiger partial charge on any atom is 0.0606 e. The summed E-state index contributed by atoms with van der Waals surface area (Å²) < 4.78 is 2.37. The van der Waals surface area contributed by atoms with E-state index in [0.717, 1.165) is 24.9 Å². The number of allylic oxidation sites excluding steroid dienone is 7. The highest BCUT2D eigenvalue weighted by Gasteiger charge is 2.36. The standard InChI is InChI=1S/C51H42N2/c1-51(2)48-33-43(52-32-31-40-18-17-39-15-9-10-16-45(39)50(40)52)27-29-46(48)47-30-28-44(34-49(47)51)53(41-23-19-37(20-24-41)35-11-5-3-6-12-35)42-25-21-38(22-26-42)36-13-7-4-8-14-36/h3,5-7,9-21,23-34,38H,4,8,22H2,1-2H3. The van der Waals surface area contributed by atoms with E-state index in [-0.39, 0.29) is 5.41 Å². The minimum absolute atomic E-state index is 0.174. The Morgan fingerprint density at radius 3 is 2.15 bits per heavy atom. The van der Waals surface area contributed by atoms with Crippen LogP contribution in [0.5, 0.6) is 0 Å². The van der Waals surface area contributed by atoms with E-state index in [4.69, 9.17) is 0 Å². The fourth-order valence-electron chi connectivity index (χ4n) is 8.93. The second-order valence-corrected chi connectivity index (χ2v) is 15.3. The quantitative estimate of drug-likeness (QED) is 0.169. The molecule has 6 aromatic carbocycles. The SMILES string of the molecule is CC1(C)c2cc(N(C3=CCC(C4=CCCC=C4)C=C3)c3ccc(-c4ccccc4)cc3)ccc2-c2ccc(-n3ccc4ccc5ccccc5c43)cc21. The van der Waals surface area contributed by atoms with Gasteiger partial charge in [-0.3, -0.25) is 0 Å². The predicted molar refractivity (Wildman–Crippen MR) is 224 cm³/mol. The first-order valence-electron chi connectivity index (χ1n) is 19.0. The van der Waals surface area contributed by atoms with Gasteiger partial charge in [0.2, 0.25) is 0 Å². The molecule has 2 nitrogen and oxygen atoms in total. The summed E-state index contributed by atoms with van der Waals surface area (Å²) in [6.07, 6.45) is 19.7. The summed E-state index contributed by atoms with van der Waals surface area (Å²) in [6, 6.07) is 49.3. The van der Waals surface area contributed by atoms with Gasteiger partial charge in [0.1, 0.15) is 0 Å². The molecule has 53 heavy (non-hydrogen) atoms. The number of hydrogen-bond donors (Lipinski definition) is 0. The molecule has 1 aromatic heterocycles. The lowest BCUT2D eigenvalue weighted by Crippen LogP contribution is -2.20. The summed E-state index contributed by atoms with van der Waals surface area (Å²) in [6.45, 7) is 4.78. The van der Waals surface area contributed by atoms with Gasteiger partial charge in [0.15, 0.2) is 0 Å². The Hall–Kier alpha value is -6.12. The van der Waals surface area contributed by atoms with E-state index >= 15 is 0 Å². The van der Waals surface area contributed by atoms with Crippen molar-refractivity contribution in [2.75, 3.05) is 4.90 Å². The molecule has 0 saturated heterocycles. The second-order valence-electron chi connectivity index (χ2n) is 15.3. The van der Waals surface area contributed by atoms with Crippen molar-refractivity contribution in [3.8, 4) is 27.9 Å². The number of aromatic nitrogens is 1. The third-order valence-corrected chi connectivity index (χ3v) is 11.8. The zero-order chi connectivity index (χ0) is 35.5. The number of hydrogen-bond acceptors (Lipinski definition) is 1. The Morgan fingerprint density at radius 1 is 0.623 bits per heavy atom. The third-order valence-electron chi connectivity index (χ3n) is 11.8. The zero-order valence-corrected chi connectivity index (χ0v) is 30.3. The van der Waals surface area contributed by atoms with Crippen LogP contribution in [0.3, 0.4) is 0 Å². The van der Waals surface area contributed by atoms with Crippen molar-refractivity contribution in [1.82, 2.24) is 4.57 Å². The Morgan fingerprint density at radius 2 is 1.36 bits per heavy atom. The van der Waals surface area contributed by atoms with Crippen LogP contribution in [-0.2, 0) is 5.41 Å². The molecule has 0 bridgehead atoms. The van der Waals surface area contributed by atoms with Crippen LogP contribution in [0.1, 0.15) is 44.2 Å². The van der Waals surface area contributed by atoms with Crippen molar-refractivity contribution in [3.63, 3.8) is 0 Å². The van der Waals surface area contributed by atoms with E-state index in [2.05, 4.69) is 199 Å². The van der Waals surface area contributed by atoms with Crippen molar-refractivity contribution >= 4 is 33.1 Å². The Balaban J connectivity index is 1.04. The first-order valence-corrected chi connectivity index (χ1v) is 19.0. The van der Waals surface area contributed by atoms with Gasteiger partial charge in [0.25, 0.3) is 0 Å². The van der Waals surface area contributed by atoms with Gasteiger partial charge in [0.05, 0.1) is 5.52 Å². The average Bonchev–Trinajstić information content (AvgIpc) is 3.76. The van der Waals surface area contributed by atoms with Gasteiger partial charge in [-0.1, -0.05) is 135 Å². The van der Waals surface area contributed by atoms with Crippen molar-refractivity contribution in [2.45, 2.75) is 38.5 Å². The molecule has 0 radical (unpaired) electrons. The predicted octanol–water partition coefficient (Wildman–Crippen LogP) is 13.6. The van der Waals surface area contributed by atoms with Gasteiger partial charge in [0, 0.05) is 51.1 Å². The second kappa shape index (κ2) is 12.5. The molecule has 10 rings (SSSR count). The summed E-state index contributed by atoms with van der Waals surface area (Å²) in [4.78, 5) is 2.45. The molecular formula is C51H42N2. The molecule has 0 spiro atoms. The molecular weight excluding hydrogens is 641 g/mol. The number of fused-ring (bicyclic) bond motifs is 6. The monoisotopic (exact) mass is 682 g/mol. The van der Waals surface area contributed by atoms with Crippen LogP contribution >= 0.6 is 0 Å². The van der Waals surface area contributed by atoms with E-state index in [1.54, 1.807) is 0 Å². The number of anilines is 2. The normalized spacial score (nSPS) is 17.1. The highest BCUT2D eigenvalue weighted by atomic mass is 15.1. The zero-order valence-electron chi connectivity index (χ0n) is 30.3. The molecule has 0 amide bonds. The molecule has 256 valence electrons. The molecule has 3 aliphatic carbocycles. The van der Waals surface area contributed by atoms with Crippen LogP contribution in [0.25, 0.3) is 49.6 Å². The smallest absolute Gasteiger partial charge is 0.0606 e. The highest BCUT2D eigenvalue weighted by Crippen LogP contribution is 2.51. The van der Waals surface area contributed by atoms with E-state index < -0.39 is 0 Å². The Kier molecular flexibility index (Phi) is 7.47. The molecule has 3 aliphatic rings. The maximum absolute atomic E-state index is 2.45. The largest absolute Gasteiger partial charge is 0.316 e. The fourth-order valence-corrected chi connectivity index (χ4v) is 8.93. The van der Waals surface area contributed by atoms with Gasteiger partial charge in [-0.15, -0.1) is 0 Å². The summed E-state index contributed by atoms with van der Waals surface area (Å²) in [5, 5.41) is 3.81. The van der Waals surface area contributed by atoms with Crippen LogP contribution in [0, 0.1) is 5.92 Å². The van der Waals surface area contributed by atoms with Crippen LogP contribution in [0.4, 0.5) is 11.4 Å². The maximum atomic E-state index is 2.45. The number of nitrogens with zero attached hydrogens (tertiary/aromatic N) is 2. The summed E-state index contributed by atoms with van der Waals surface area (Å²) >= 11 is 0. The van der Waals surface area contributed by atoms with Crippen LogP contribution in [0.15, 0.2) is 187 Å². The van der Waals surface area contributed by atoms with E-state index in [9.17, 15) is 0 Å². The average molecular weight is 683 g/mol. The van der Waals surface area contributed by atoms with Gasteiger partial charge >= 0.3 is 0 Å². The topological polar surface area (TPSA) is 8.17 Å². The summed E-state index contributed by atoms with van der Waals surface area (Å²) in [7, 11) is 0. The highest BCUT2D eigenvalue weighted by molar-refractivity contribution is 6.06. The molecule has 0 fully saturated rings. The molecule has 1 atom stereocenters. The van der Waals surface area contributed by atoms with E-state index in [1.807, 2.05) is 0 Å². The first-order chi connectivity index (χ1) is 26.0. The Labute approximate surface area is 312 Å². The minimum atomic E-state index is -0.174. The lowest BCUT2D eigenvalue weighted by atomic mass is 9.82. The van der Waals surface area contributed by atoms with Gasteiger partial charge in [-0.2, -0.15) is 0 Å². The Bertz CT molecular complexity index is 2660. The number of benzene rings is 6. The molecule has 0 saturated carbocycles. The van der Waals surface area contributed by atoms with Crippen molar-refractivity contribution in [1.29, 1.82) is 0 Å². The van der Waals surface area contributed by atoms with Crippen molar-refractivity contribution < 1.29 is 0 Å². The van der Waals surface area contributed by atoms with Crippen LogP contribution in [-0.4, -0.2) is 4.57 Å². The molecule has 2 heteroatoms. The summed E-state index contributed by atoms with van der Waals surface area (Å²) in [5.74, 6) is 0.427. The van der Waals surface area contributed by atoms with Crippen LogP contribution in [0.2, 0.25) is 0 Å². The van der Waals surface area contributed by atoms with Gasteiger partial charge in [-0.05, 0) is 112 Å². The van der Waals surface area contributed by atoms with Gasteiger partial charge < -0.3 is 9.47 Å². The van der Waals surface area contributed by atoms with Crippen molar-refractivity contribution in [2.24, 2.45) is 5.92 Å². The fraction of sp³-hybridized carbons (Fsp3) is 0.137. The van der Waals surface area contributed by atoms with Crippen LogP contribution < -0.4 is 4.90 Å². The first kappa shape index (κ1) is 31.6. The lowest BCUT2D eigenvalue weighted by Gasteiger charge is -2.31. The number of rotatable bonds is 6. The van der Waals surface area contributed by atoms with E-state index in [1.165, 1.54) is 77.7 Å². The minimum Gasteiger partial charge on any atom is -0.316 e. The van der Waals surface area contributed by atoms with Gasteiger partial charge in [-0.25, -0.2) is 0 Å².